The predicted octanol–water partition coefficient (Wildman–Crippen LogP) is 3.46. The van der Waals surface area contributed by atoms with Gasteiger partial charge in [0.05, 0.1) is 0 Å². The van der Waals surface area contributed by atoms with Crippen molar-refractivity contribution in [3.63, 3.8) is 0 Å². The van der Waals surface area contributed by atoms with Gasteiger partial charge in [-0.2, -0.15) is 0 Å². The van der Waals surface area contributed by atoms with E-state index in [0.29, 0.717) is 12.1 Å². The number of pyridine rings is 2. The van der Waals surface area contributed by atoms with E-state index in [1.807, 2.05) is 38.1 Å². The molecule has 0 aliphatic rings. The molecule has 4 heteroatoms. The van der Waals surface area contributed by atoms with E-state index in [0.717, 1.165) is 27.8 Å². The van der Waals surface area contributed by atoms with E-state index in [-0.39, 0.29) is 5.56 Å². The van der Waals surface area contributed by atoms with Crippen molar-refractivity contribution in [3.05, 3.63) is 69.1 Å². The molecule has 0 amide bonds. The highest BCUT2D eigenvalue weighted by molar-refractivity contribution is 5.83. The van der Waals surface area contributed by atoms with Crippen LogP contribution in [0.5, 0.6) is 0 Å². The third-order valence-corrected chi connectivity index (χ3v) is 3.76. The molecule has 0 spiro atoms. The minimum atomic E-state index is -0.0582. The molecule has 0 fully saturated rings. The number of H-pyrrole nitrogens is 1. The van der Waals surface area contributed by atoms with Gasteiger partial charge in [0.1, 0.15) is 5.82 Å². The average molecular weight is 293 g/mol. The largest absolute Gasteiger partial charge is 0.366 e. The Morgan fingerprint density at radius 1 is 1.09 bits per heavy atom. The number of rotatable bonds is 3. The van der Waals surface area contributed by atoms with Gasteiger partial charge in [-0.15, -0.1) is 0 Å². The van der Waals surface area contributed by atoms with Crippen LogP contribution in [-0.2, 0) is 6.54 Å². The lowest BCUT2D eigenvalue weighted by Gasteiger charge is -2.09. The normalized spacial score (nSPS) is 10.9. The summed E-state index contributed by atoms with van der Waals surface area (Å²) in [5.74, 6) is 0.769. The van der Waals surface area contributed by atoms with Crippen LogP contribution >= 0.6 is 0 Å². The molecule has 4 nitrogen and oxygen atoms in total. The molecule has 0 aliphatic carbocycles. The van der Waals surface area contributed by atoms with Gasteiger partial charge in [0.2, 0.25) is 0 Å². The fraction of sp³-hybridized carbons (Fsp3) is 0.222. The van der Waals surface area contributed by atoms with Crippen molar-refractivity contribution in [2.75, 3.05) is 5.32 Å². The molecule has 0 bridgehead atoms. The van der Waals surface area contributed by atoms with Crippen LogP contribution in [0, 0.1) is 20.8 Å². The predicted molar refractivity (Wildman–Crippen MR) is 90.3 cm³/mol. The molecule has 0 saturated heterocycles. The summed E-state index contributed by atoms with van der Waals surface area (Å²) in [5.41, 5.74) is 4.97. The lowest BCUT2D eigenvalue weighted by atomic mass is 10.0. The number of fused-ring (bicyclic) bond motifs is 1. The fourth-order valence-electron chi connectivity index (χ4n) is 2.61. The molecule has 2 heterocycles. The maximum Gasteiger partial charge on any atom is 0.253 e. The van der Waals surface area contributed by atoms with E-state index in [2.05, 4.69) is 28.3 Å². The minimum absolute atomic E-state index is 0.0582. The lowest BCUT2D eigenvalue weighted by Crippen LogP contribution is -2.16. The number of benzene rings is 1. The van der Waals surface area contributed by atoms with Crippen LogP contribution in [0.4, 0.5) is 5.82 Å². The summed E-state index contributed by atoms with van der Waals surface area (Å²) in [6.07, 6.45) is 1.81. The monoisotopic (exact) mass is 293 g/mol. The molecule has 22 heavy (non-hydrogen) atoms. The van der Waals surface area contributed by atoms with Crippen molar-refractivity contribution in [2.24, 2.45) is 0 Å². The maximum absolute atomic E-state index is 12.2. The minimum Gasteiger partial charge on any atom is -0.366 e. The topological polar surface area (TPSA) is 57.8 Å². The zero-order valence-electron chi connectivity index (χ0n) is 13.0. The SMILES string of the molecule is Cc1ccc(NCc2cc3c(C)cc(C)cc3[nH]c2=O)nc1. The molecule has 3 aromatic rings. The molecule has 0 atom stereocenters. The number of anilines is 1. The second kappa shape index (κ2) is 5.64. The Bertz CT molecular complexity index is 879. The van der Waals surface area contributed by atoms with Gasteiger partial charge >= 0.3 is 0 Å². The molecule has 2 aromatic heterocycles. The van der Waals surface area contributed by atoms with E-state index >= 15 is 0 Å². The summed E-state index contributed by atoms with van der Waals surface area (Å²) in [7, 11) is 0. The first-order valence-corrected chi connectivity index (χ1v) is 7.32. The van der Waals surface area contributed by atoms with Crippen molar-refractivity contribution < 1.29 is 0 Å². The van der Waals surface area contributed by atoms with Gasteiger partial charge in [0.25, 0.3) is 5.56 Å². The Morgan fingerprint density at radius 3 is 2.64 bits per heavy atom. The standard InChI is InChI=1S/C18H19N3O/c1-11-4-5-17(19-9-11)20-10-14-8-15-13(3)6-12(2)7-16(15)21-18(14)22/h4-9H,10H2,1-3H3,(H,19,20)(H,21,22). The number of aromatic amines is 1. The van der Waals surface area contributed by atoms with Crippen molar-refractivity contribution in [1.29, 1.82) is 0 Å². The van der Waals surface area contributed by atoms with Gasteiger partial charge in [-0.3, -0.25) is 4.79 Å². The summed E-state index contributed by atoms with van der Waals surface area (Å²) < 4.78 is 0. The van der Waals surface area contributed by atoms with Crippen molar-refractivity contribution in [3.8, 4) is 0 Å². The third-order valence-electron chi connectivity index (χ3n) is 3.76. The molecule has 0 radical (unpaired) electrons. The van der Waals surface area contributed by atoms with E-state index in [1.165, 1.54) is 5.56 Å². The van der Waals surface area contributed by atoms with E-state index in [9.17, 15) is 4.79 Å². The first kappa shape index (κ1) is 14.3. The van der Waals surface area contributed by atoms with Gasteiger partial charge in [-0.05, 0) is 55.7 Å². The molecule has 2 N–H and O–H groups in total. The van der Waals surface area contributed by atoms with Crippen LogP contribution in [0.25, 0.3) is 10.9 Å². The molecular weight excluding hydrogens is 274 g/mol. The van der Waals surface area contributed by atoms with E-state index in [1.54, 1.807) is 6.20 Å². The van der Waals surface area contributed by atoms with E-state index in [4.69, 9.17) is 0 Å². The van der Waals surface area contributed by atoms with Gasteiger partial charge in [-0.25, -0.2) is 4.98 Å². The second-order valence-electron chi connectivity index (χ2n) is 5.74. The lowest BCUT2D eigenvalue weighted by molar-refractivity contribution is 1.06. The van der Waals surface area contributed by atoms with Gasteiger partial charge in [-0.1, -0.05) is 12.1 Å². The van der Waals surface area contributed by atoms with E-state index < -0.39 is 0 Å². The van der Waals surface area contributed by atoms with Crippen LogP contribution in [0.1, 0.15) is 22.3 Å². The number of nitrogens with zero attached hydrogens (tertiary/aromatic N) is 1. The van der Waals surface area contributed by atoms with Crippen LogP contribution < -0.4 is 10.9 Å². The van der Waals surface area contributed by atoms with Crippen LogP contribution in [-0.4, -0.2) is 9.97 Å². The Labute approximate surface area is 129 Å². The number of hydrogen-bond acceptors (Lipinski definition) is 3. The highest BCUT2D eigenvalue weighted by Gasteiger charge is 2.06. The smallest absolute Gasteiger partial charge is 0.253 e. The molecule has 0 unspecified atom stereocenters. The molecule has 1 aromatic carbocycles. The molecule has 112 valence electrons. The Hall–Kier alpha value is -2.62. The van der Waals surface area contributed by atoms with Gasteiger partial charge < -0.3 is 10.3 Å². The third kappa shape index (κ3) is 2.86. The van der Waals surface area contributed by atoms with Crippen molar-refractivity contribution in [1.82, 2.24) is 9.97 Å². The molecule has 3 rings (SSSR count). The quantitative estimate of drug-likeness (QED) is 0.777. The van der Waals surface area contributed by atoms with Gasteiger partial charge in [0.15, 0.2) is 0 Å². The maximum atomic E-state index is 12.2. The highest BCUT2D eigenvalue weighted by atomic mass is 16.1. The summed E-state index contributed by atoms with van der Waals surface area (Å²) in [6.45, 7) is 6.54. The van der Waals surface area contributed by atoms with Crippen LogP contribution in [0.3, 0.4) is 0 Å². The fourth-order valence-corrected chi connectivity index (χ4v) is 2.61. The number of hydrogen-bond donors (Lipinski definition) is 2. The summed E-state index contributed by atoms with van der Waals surface area (Å²) in [5, 5.41) is 4.28. The first-order chi connectivity index (χ1) is 10.5. The highest BCUT2D eigenvalue weighted by Crippen LogP contribution is 2.18. The zero-order valence-corrected chi connectivity index (χ0v) is 13.0. The Balaban J connectivity index is 1.92. The zero-order chi connectivity index (χ0) is 15.7. The number of aromatic nitrogens is 2. The van der Waals surface area contributed by atoms with Crippen molar-refractivity contribution >= 4 is 16.7 Å². The molecule has 0 aliphatic heterocycles. The Kier molecular flexibility index (Phi) is 3.67. The molecule has 0 saturated carbocycles. The Morgan fingerprint density at radius 2 is 1.91 bits per heavy atom. The summed E-state index contributed by atoms with van der Waals surface area (Å²) in [4.78, 5) is 19.5. The number of nitrogens with one attached hydrogen (secondary N) is 2. The van der Waals surface area contributed by atoms with Crippen LogP contribution in [0.2, 0.25) is 0 Å². The second-order valence-corrected chi connectivity index (χ2v) is 5.74. The number of aryl methyl sites for hydroxylation is 3. The first-order valence-electron chi connectivity index (χ1n) is 7.32. The molecular formula is C18H19N3O. The average Bonchev–Trinajstić information content (AvgIpc) is 2.47. The summed E-state index contributed by atoms with van der Waals surface area (Å²) in [6, 6.07) is 10.00. The van der Waals surface area contributed by atoms with Crippen molar-refractivity contribution in [2.45, 2.75) is 27.3 Å². The van der Waals surface area contributed by atoms with Gasteiger partial charge in [0, 0.05) is 29.2 Å². The van der Waals surface area contributed by atoms with Crippen LogP contribution in [0.15, 0.2) is 41.3 Å². The summed E-state index contributed by atoms with van der Waals surface area (Å²) >= 11 is 0.